The van der Waals surface area contributed by atoms with Crippen molar-refractivity contribution >= 4 is 41.0 Å². The molecule has 0 spiro atoms. The predicted molar refractivity (Wildman–Crippen MR) is 139 cm³/mol. The molecule has 0 saturated heterocycles. The number of nitrogens with one attached hydrogen (secondary N) is 2. The van der Waals surface area contributed by atoms with Crippen molar-refractivity contribution in [1.82, 2.24) is 15.6 Å². The molecule has 0 aliphatic rings. The van der Waals surface area contributed by atoms with Gasteiger partial charge in [0.05, 0.1) is 12.2 Å². The summed E-state index contributed by atoms with van der Waals surface area (Å²) < 4.78 is 5.03. The summed E-state index contributed by atoms with van der Waals surface area (Å²) in [7, 11) is 0. The number of benzene rings is 1. The molecule has 1 heterocycles. The molecule has 0 saturated carbocycles. The van der Waals surface area contributed by atoms with Crippen LogP contribution in [0, 0.1) is 11.8 Å². The quantitative estimate of drug-likeness (QED) is 0.323. The number of aromatic nitrogens is 1. The zero-order valence-electron chi connectivity index (χ0n) is 20.7. The van der Waals surface area contributed by atoms with E-state index in [4.69, 9.17) is 27.9 Å². The Morgan fingerprint density at radius 2 is 1.29 bits per heavy atom. The minimum absolute atomic E-state index is 0.0878. The van der Waals surface area contributed by atoms with Gasteiger partial charge in [-0.05, 0) is 54.2 Å². The van der Waals surface area contributed by atoms with E-state index in [1.807, 2.05) is 27.7 Å². The second-order valence-corrected chi connectivity index (χ2v) is 9.50. The van der Waals surface area contributed by atoms with E-state index in [1.165, 1.54) is 0 Å². The molecule has 190 valence electrons. The van der Waals surface area contributed by atoms with Gasteiger partial charge in [-0.1, -0.05) is 39.8 Å². The maximum atomic E-state index is 13.0. The standard InChI is InChI=1S/C26H33Cl2N3O4/c1-6-35-26(34)18-9-7-17(8-10-18)19-11-20(24(32)30-22(13-27)15(2)3)29-21(12-19)25(33)31-23(14-28)16(4)5/h7-12,15-16,22-23H,6,13-14H2,1-5H3,(H,30,32)(H,31,33)/t22-,23-/m1/s1. The zero-order chi connectivity index (χ0) is 26.1. The van der Waals surface area contributed by atoms with Crippen LogP contribution in [0.2, 0.25) is 0 Å². The second-order valence-electron chi connectivity index (χ2n) is 8.88. The number of carbonyl (C=O) groups is 3. The molecule has 2 N–H and O–H groups in total. The molecule has 2 aromatic rings. The van der Waals surface area contributed by atoms with Gasteiger partial charge in [0.1, 0.15) is 11.4 Å². The van der Waals surface area contributed by atoms with Gasteiger partial charge in [-0.15, -0.1) is 23.2 Å². The Kier molecular flexibility index (Phi) is 11.0. The third-order valence-electron chi connectivity index (χ3n) is 5.59. The third-order valence-corrected chi connectivity index (χ3v) is 6.26. The molecule has 0 aliphatic heterocycles. The highest BCUT2D eigenvalue weighted by Gasteiger charge is 2.22. The van der Waals surface area contributed by atoms with E-state index in [1.54, 1.807) is 43.3 Å². The number of hydrogen-bond donors (Lipinski definition) is 2. The first-order valence-corrected chi connectivity index (χ1v) is 12.7. The van der Waals surface area contributed by atoms with Crippen molar-refractivity contribution in [3.05, 3.63) is 53.3 Å². The van der Waals surface area contributed by atoms with E-state index in [0.29, 0.717) is 16.7 Å². The van der Waals surface area contributed by atoms with Gasteiger partial charge in [-0.2, -0.15) is 0 Å². The summed E-state index contributed by atoms with van der Waals surface area (Å²) in [5.41, 5.74) is 1.89. The minimum atomic E-state index is -0.429. The molecule has 0 fully saturated rings. The Morgan fingerprint density at radius 1 is 0.829 bits per heavy atom. The molecule has 1 aromatic carbocycles. The lowest BCUT2D eigenvalue weighted by Crippen LogP contribution is -2.41. The van der Waals surface area contributed by atoms with Crippen LogP contribution in [0.25, 0.3) is 11.1 Å². The fraction of sp³-hybridized carbons (Fsp3) is 0.462. The molecule has 0 unspecified atom stereocenters. The van der Waals surface area contributed by atoms with Crippen LogP contribution in [0.3, 0.4) is 0 Å². The Bertz CT molecular complexity index is 978. The Hall–Kier alpha value is -2.64. The summed E-state index contributed by atoms with van der Waals surface area (Å²) in [5.74, 6) is -0.547. The van der Waals surface area contributed by atoms with Gasteiger partial charge in [-0.25, -0.2) is 9.78 Å². The van der Waals surface area contributed by atoms with Crippen LogP contribution in [0.15, 0.2) is 36.4 Å². The van der Waals surface area contributed by atoms with Crippen LogP contribution in [-0.4, -0.2) is 53.2 Å². The number of esters is 1. The van der Waals surface area contributed by atoms with Gasteiger partial charge >= 0.3 is 5.97 Å². The number of nitrogens with zero attached hydrogens (tertiary/aromatic N) is 1. The number of alkyl halides is 2. The molecule has 35 heavy (non-hydrogen) atoms. The Balaban J connectivity index is 2.48. The van der Waals surface area contributed by atoms with Crippen molar-refractivity contribution in [3.63, 3.8) is 0 Å². The molecule has 9 heteroatoms. The summed E-state index contributed by atoms with van der Waals surface area (Å²) in [6.07, 6.45) is 0. The fourth-order valence-electron chi connectivity index (χ4n) is 3.19. The summed E-state index contributed by atoms with van der Waals surface area (Å²) >= 11 is 12.0. The number of pyridine rings is 1. The van der Waals surface area contributed by atoms with Crippen molar-refractivity contribution in [2.45, 2.75) is 46.7 Å². The van der Waals surface area contributed by atoms with Crippen LogP contribution < -0.4 is 10.6 Å². The van der Waals surface area contributed by atoms with E-state index < -0.39 is 17.8 Å². The van der Waals surface area contributed by atoms with Gasteiger partial charge < -0.3 is 15.4 Å². The normalized spacial score (nSPS) is 12.8. The Labute approximate surface area is 216 Å². The molecule has 1 aromatic heterocycles. The number of rotatable bonds is 11. The summed E-state index contributed by atoms with van der Waals surface area (Å²) in [6.45, 7) is 9.85. The van der Waals surface area contributed by atoms with E-state index in [9.17, 15) is 14.4 Å². The van der Waals surface area contributed by atoms with E-state index in [2.05, 4.69) is 15.6 Å². The first-order chi connectivity index (χ1) is 16.6. The van der Waals surface area contributed by atoms with Gasteiger partial charge in [0.15, 0.2) is 0 Å². The van der Waals surface area contributed by atoms with Gasteiger partial charge in [0, 0.05) is 23.8 Å². The number of amides is 2. The number of hydrogen-bond acceptors (Lipinski definition) is 5. The molecule has 0 bridgehead atoms. The lowest BCUT2D eigenvalue weighted by Gasteiger charge is -2.21. The Morgan fingerprint density at radius 3 is 1.66 bits per heavy atom. The average molecular weight is 522 g/mol. The molecular formula is C26H33Cl2N3O4. The van der Waals surface area contributed by atoms with Crippen LogP contribution in [-0.2, 0) is 4.74 Å². The minimum Gasteiger partial charge on any atom is -0.462 e. The van der Waals surface area contributed by atoms with Gasteiger partial charge in [0.2, 0.25) is 0 Å². The fourth-order valence-corrected chi connectivity index (χ4v) is 4.06. The SMILES string of the molecule is CCOC(=O)c1ccc(-c2cc(C(=O)N[C@H](CCl)C(C)C)nc(C(=O)N[C@H](CCl)C(C)C)c2)cc1. The lowest BCUT2D eigenvalue weighted by atomic mass is 10.0. The van der Waals surface area contributed by atoms with Crippen LogP contribution in [0.4, 0.5) is 0 Å². The molecule has 0 radical (unpaired) electrons. The van der Waals surface area contributed by atoms with Crippen molar-refractivity contribution < 1.29 is 19.1 Å². The topological polar surface area (TPSA) is 97.4 Å². The van der Waals surface area contributed by atoms with Crippen LogP contribution in [0.1, 0.15) is 66.0 Å². The van der Waals surface area contributed by atoms with E-state index in [0.717, 1.165) is 0 Å². The van der Waals surface area contributed by atoms with E-state index in [-0.39, 0.29) is 53.7 Å². The second kappa shape index (κ2) is 13.4. The first kappa shape index (κ1) is 28.6. The molecule has 7 nitrogen and oxygen atoms in total. The van der Waals surface area contributed by atoms with Crippen molar-refractivity contribution in [1.29, 1.82) is 0 Å². The maximum absolute atomic E-state index is 13.0. The lowest BCUT2D eigenvalue weighted by molar-refractivity contribution is 0.0526. The highest BCUT2D eigenvalue weighted by Crippen LogP contribution is 2.23. The largest absolute Gasteiger partial charge is 0.462 e. The molecular weight excluding hydrogens is 489 g/mol. The third kappa shape index (κ3) is 7.94. The average Bonchev–Trinajstić information content (AvgIpc) is 2.84. The van der Waals surface area contributed by atoms with Crippen molar-refractivity contribution in [2.24, 2.45) is 11.8 Å². The van der Waals surface area contributed by atoms with Crippen molar-refractivity contribution in [3.8, 4) is 11.1 Å². The van der Waals surface area contributed by atoms with Gasteiger partial charge in [0.25, 0.3) is 11.8 Å². The number of halogens is 2. The highest BCUT2D eigenvalue weighted by atomic mass is 35.5. The summed E-state index contributed by atoms with van der Waals surface area (Å²) in [5, 5.41) is 5.78. The molecule has 2 amide bonds. The van der Waals surface area contributed by atoms with Gasteiger partial charge in [-0.3, -0.25) is 9.59 Å². The number of ether oxygens (including phenoxy) is 1. The summed E-state index contributed by atoms with van der Waals surface area (Å²) in [6, 6.07) is 9.45. The highest BCUT2D eigenvalue weighted by molar-refractivity contribution is 6.18. The van der Waals surface area contributed by atoms with Crippen LogP contribution >= 0.6 is 23.2 Å². The van der Waals surface area contributed by atoms with Crippen LogP contribution in [0.5, 0.6) is 0 Å². The number of carbonyl (C=O) groups excluding carboxylic acids is 3. The molecule has 2 atom stereocenters. The first-order valence-electron chi connectivity index (χ1n) is 11.6. The molecule has 2 rings (SSSR count). The molecule has 0 aliphatic carbocycles. The smallest absolute Gasteiger partial charge is 0.338 e. The summed E-state index contributed by atoms with van der Waals surface area (Å²) in [4.78, 5) is 42.4. The maximum Gasteiger partial charge on any atom is 0.338 e. The predicted octanol–water partition coefficient (Wildman–Crippen LogP) is 4.91. The monoisotopic (exact) mass is 521 g/mol. The van der Waals surface area contributed by atoms with Crippen molar-refractivity contribution in [2.75, 3.05) is 18.4 Å². The van der Waals surface area contributed by atoms with E-state index >= 15 is 0 Å². The zero-order valence-corrected chi connectivity index (χ0v) is 22.2.